The van der Waals surface area contributed by atoms with Crippen molar-refractivity contribution >= 4 is 23.9 Å². The Kier molecular flexibility index (Phi) is 15.6. The average molecular weight is 661 g/mol. The van der Waals surface area contributed by atoms with Gasteiger partial charge in [-0.1, -0.05) is 90.1 Å². The maximum Gasteiger partial charge on any atom is 0.417 e. The number of aliphatic hydroxyl groups is 2. The van der Waals surface area contributed by atoms with E-state index in [1.165, 1.54) is 4.90 Å². The van der Waals surface area contributed by atoms with Crippen molar-refractivity contribution in [3.63, 3.8) is 0 Å². The third kappa shape index (κ3) is 12.2. The number of rotatable bonds is 15. The average Bonchev–Trinajstić information content (AvgIpc) is 3.04. The second-order valence-electron chi connectivity index (χ2n) is 13.9. The fourth-order valence-corrected chi connectivity index (χ4v) is 6.47. The number of nitrogens with zero attached hydrogens (tertiary/aromatic N) is 1. The summed E-state index contributed by atoms with van der Waals surface area (Å²) in [5.74, 6) is -3.12. The number of ether oxygens (including phenoxy) is 2. The van der Waals surface area contributed by atoms with Gasteiger partial charge in [-0.2, -0.15) is 0 Å². The molecule has 12 nitrogen and oxygen atoms in total. The maximum atomic E-state index is 13.8. The molecule has 1 aliphatic heterocycles. The van der Waals surface area contributed by atoms with Crippen molar-refractivity contribution in [1.82, 2.24) is 15.5 Å². The second kappa shape index (κ2) is 19.1. The molecule has 1 saturated heterocycles. The number of aliphatic hydroxyl groups excluding tert-OH is 2. The summed E-state index contributed by atoms with van der Waals surface area (Å²) in [5, 5.41) is 27.7. The third-order valence-corrected chi connectivity index (χ3v) is 9.03. The van der Waals surface area contributed by atoms with Crippen LogP contribution < -0.4 is 16.4 Å². The molecular formula is C35H56N4O8. The first-order valence-corrected chi connectivity index (χ1v) is 17.2. The van der Waals surface area contributed by atoms with E-state index >= 15 is 0 Å². The predicted molar refractivity (Wildman–Crippen MR) is 177 cm³/mol. The molecule has 1 heterocycles. The Morgan fingerprint density at radius 3 is 2.13 bits per heavy atom. The fourth-order valence-electron chi connectivity index (χ4n) is 6.47. The van der Waals surface area contributed by atoms with Gasteiger partial charge in [0.05, 0.1) is 25.4 Å². The SMILES string of the molecule is CC(C)C[C@H](NC(=O)[C@@H](N)C(C(=O)OC(=O)N1CCOCC1)c1ccccc1)C(=O)N[C@@H](CC1CCCCC1)[C@@H](O)[C@@H](O)CC(C)C. The summed E-state index contributed by atoms with van der Waals surface area (Å²) >= 11 is 0. The number of benzene rings is 1. The first-order chi connectivity index (χ1) is 22.4. The first-order valence-electron chi connectivity index (χ1n) is 17.2. The minimum Gasteiger partial charge on any atom is -0.390 e. The van der Waals surface area contributed by atoms with Crippen molar-refractivity contribution in [2.24, 2.45) is 23.5 Å². The van der Waals surface area contributed by atoms with Crippen molar-refractivity contribution in [2.45, 2.75) is 115 Å². The zero-order valence-electron chi connectivity index (χ0n) is 28.4. The molecule has 1 unspecified atom stereocenters. The molecule has 0 aromatic heterocycles. The smallest absolute Gasteiger partial charge is 0.390 e. The van der Waals surface area contributed by atoms with Crippen LogP contribution in [0.4, 0.5) is 4.79 Å². The molecule has 1 saturated carbocycles. The predicted octanol–water partition coefficient (Wildman–Crippen LogP) is 2.85. The molecule has 47 heavy (non-hydrogen) atoms. The molecule has 1 aliphatic carbocycles. The number of nitrogens with two attached hydrogens (primary N) is 1. The number of carbonyl (C=O) groups excluding carboxylic acids is 4. The summed E-state index contributed by atoms with van der Waals surface area (Å²) in [5.41, 5.74) is 6.81. The molecule has 6 atom stereocenters. The Bertz CT molecular complexity index is 1140. The van der Waals surface area contributed by atoms with Crippen LogP contribution in [0.2, 0.25) is 0 Å². The molecule has 3 rings (SSSR count). The van der Waals surface area contributed by atoms with E-state index in [-0.39, 0.29) is 31.3 Å². The molecule has 0 bridgehead atoms. The van der Waals surface area contributed by atoms with Crippen molar-refractivity contribution in [2.75, 3.05) is 26.3 Å². The number of amides is 3. The Morgan fingerprint density at radius 1 is 0.915 bits per heavy atom. The number of nitrogens with one attached hydrogen (secondary N) is 2. The van der Waals surface area contributed by atoms with Gasteiger partial charge in [0.15, 0.2) is 0 Å². The largest absolute Gasteiger partial charge is 0.417 e. The molecular weight excluding hydrogens is 604 g/mol. The molecule has 1 aromatic carbocycles. The number of carbonyl (C=O) groups is 4. The van der Waals surface area contributed by atoms with E-state index in [9.17, 15) is 29.4 Å². The monoisotopic (exact) mass is 660 g/mol. The highest BCUT2D eigenvalue weighted by molar-refractivity contribution is 5.96. The molecule has 3 amide bonds. The lowest BCUT2D eigenvalue weighted by Gasteiger charge is -2.34. The minimum atomic E-state index is -1.48. The normalized spacial score (nSPS) is 19.7. The van der Waals surface area contributed by atoms with Gasteiger partial charge in [0, 0.05) is 13.1 Å². The summed E-state index contributed by atoms with van der Waals surface area (Å²) in [7, 11) is 0. The molecule has 12 heteroatoms. The summed E-state index contributed by atoms with van der Waals surface area (Å²) in [6, 6.07) is 5.13. The Balaban J connectivity index is 1.78. The molecule has 0 spiro atoms. The van der Waals surface area contributed by atoms with E-state index in [0.717, 1.165) is 32.1 Å². The van der Waals surface area contributed by atoms with Crippen molar-refractivity contribution < 1.29 is 38.9 Å². The van der Waals surface area contributed by atoms with E-state index in [1.54, 1.807) is 30.3 Å². The maximum absolute atomic E-state index is 13.8. The van der Waals surface area contributed by atoms with Crippen molar-refractivity contribution in [1.29, 1.82) is 0 Å². The van der Waals surface area contributed by atoms with Crippen LogP contribution in [-0.4, -0.2) is 95.6 Å². The number of hydrogen-bond donors (Lipinski definition) is 5. The highest BCUT2D eigenvalue weighted by Crippen LogP contribution is 2.29. The van der Waals surface area contributed by atoms with Crippen molar-refractivity contribution in [3.8, 4) is 0 Å². The van der Waals surface area contributed by atoms with Crippen LogP contribution in [0.3, 0.4) is 0 Å². The van der Waals surface area contributed by atoms with Crippen LogP contribution in [0.1, 0.15) is 90.5 Å². The van der Waals surface area contributed by atoms with E-state index in [0.29, 0.717) is 37.5 Å². The van der Waals surface area contributed by atoms with Gasteiger partial charge in [0.25, 0.3) is 0 Å². The molecule has 264 valence electrons. The van der Waals surface area contributed by atoms with E-state index < -0.39 is 60.1 Å². The fraction of sp³-hybridized carbons (Fsp3) is 0.714. The van der Waals surface area contributed by atoms with E-state index in [4.69, 9.17) is 15.2 Å². The zero-order chi connectivity index (χ0) is 34.5. The number of esters is 1. The zero-order valence-corrected chi connectivity index (χ0v) is 28.4. The van der Waals surface area contributed by atoms with Gasteiger partial charge in [0.2, 0.25) is 11.8 Å². The highest BCUT2D eigenvalue weighted by Gasteiger charge is 2.38. The van der Waals surface area contributed by atoms with Gasteiger partial charge in [-0.05, 0) is 42.6 Å². The summed E-state index contributed by atoms with van der Waals surface area (Å²) in [6.45, 7) is 8.92. The van der Waals surface area contributed by atoms with Crippen LogP contribution in [0.15, 0.2) is 30.3 Å². The quantitative estimate of drug-likeness (QED) is 0.140. The Morgan fingerprint density at radius 2 is 1.53 bits per heavy atom. The van der Waals surface area contributed by atoms with Crippen LogP contribution >= 0.6 is 0 Å². The number of hydrogen-bond acceptors (Lipinski definition) is 9. The second-order valence-corrected chi connectivity index (χ2v) is 13.9. The molecule has 0 radical (unpaired) electrons. The summed E-state index contributed by atoms with van der Waals surface area (Å²) < 4.78 is 10.5. The lowest BCUT2D eigenvalue weighted by molar-refractivity contribution is -0.143. The van der Waals surface area contributed by atoms with Crippen LogP contribution in [0.5, 0.6) is 0 Å². The molecule has 6 N–H and O–H groups in total. The van der Waals surface area contributed by atoms with Gasteiger partial charge < -0.3 is 41.0 Å². The number of morpholine rings is 1. The van der Waals surface area contributed by atoms with Crippen molar-refractivity contribution in [3.05, 3.63) is 35.9 Å². The van der Waals surface area contributed by atoms with Gasteiger partial charge >= 0.3 is 12.1 Å². The van der Waals surface area contributed by atoms with Gasteiger partial charge in [-0.15, -0.1) is 0 Å². The summed E-state index contributed by atoms with van der Waals surface area (Å²) in [6.07, 6.45) is 3.44. The Labute approximate surface area is 279 Å². The minimum absolute atomic E-state index is 0.00319. The first kappa shape index (κ1) is 38.4. The van der Waals surface area contributed by atoms with Crippen LogP contribution in [-0.2, 0) is 23.9 Å². The summed E-state index contributed by atoms with van der Waals surface area (Å²) in [4.78, 5) is 55.0. The van der Waals surface area contributed by atoms with Gasteiger partial charge in [-0.3, -0.25) is 14.4 Å². The van der Waals surface area contributed by atoms with Crippen LogP contribution in [0.25, 0.3) is 0 Å². The van der Waals surface area contributed by atoms with E-state index in [2.05, 4.69) is 10.6 Å². The van der Waals surface area contributed by atoms with E-state index in [1.807, 2.05) is 27.7 Å². The lowest BCUT2D eigenvalue weighted by atomic mass is 9.82. The molecule has 2 aliphatic rings. The highest BCUT2D eigenvalue weighted by atomic mass is 16.6. The Hall–Kier alpha value is -3.06. The van der Waals surface area contributed by atoms with Gasteiger partial charge in [0.1, 0.15) is 24.1 Å². The molecule has 1 aromatic rings. The topological polar surface area (TPSA) is 181 Å². The lowest BCUT2D eigenvalue weighted by Crippen LogP contribution is -2.58. The van der Waals surface area contributed by atoms with Crippen LogP contribution in [0, 0.1) is 17.8 Å². The standard InChI is InChI=1S/C35H56N4O8/c1-22(2)19-27(32(42)37-26(21-24-11-7-5-8-12-24)31(41)28(40)20-23(3)4)38-33(43)30(36)29(25-13-9-6-10-14-25)34(44)47-35(45)39-15-17-46-18-16-39/h6,9-10,13-14,22-24,26-31,40-41H,5,7-8,11-12,15-21,36H2,1-4H3,(H,37,42)(H,38,43)/t26-,27-,28-,29?,30-,31+/m0/s1. The van der Waals surface area contributed by atoms with Gasteiger partial charge in [-0.25, -0.2) is 4.79 Å². The molecule has 2 fully saturated rings. The third-order valence-electron chi connectivity index (χ3n) is 9.03.